The molecule has 1 fully saturated rings. The molecule has 1 amide bonds. The van der Waals surface area contributed by atoms with E-state index in [-0.39, 0.29) is 17.4 Å². The second kappa shape index (κ2) is 4.73. The highest BCUT2D eigenvalue weighted by Gasteiger charge is 2.37. The Labute approximate surface area is 123 Å². The van der Waals surface area contributed by atoms with E-state index in [0.717, 1.165) is 9.40 Å². The lowest BCUT2D eigenvalue weighted by atomic mass is 10.2. The molecule has 8 heteroatoms. The molecule has 2 aromatic heterocycles. The van der Waals surface area contributed by atoms with E-state index in [4.69, 9.17) is 11.6 Å². The van der Waals surface area contributed by atoms with Crippen molar-refractivity contribution >= 4 is 59.4 Å². The number of amides is 1. The van der Waals surface area contributed by atoms with E-state index >= 15 is 0 Å². The predicted octanol–water partition coefficient (Wildman–Crippen LogP) is 2.10. The van der Waals surface area contributed by atoms with E-state index in [2.05, 4.69) is 5.32 Å². The van der Waals surface area contributed by atoms with E-state index in [1.807, 2.05) is 17.5 Å². The molecular weight excluding hydrogens is 326 g/mol. The fourth-order valence-corrected chi connectivity index (χ4v) is 6.62. The first kappa shape index (κ1) is 13.4. The summed E-state index contributed by atoms with van der Waals surface area (Å²) < 4.78 is 25.0. The number of hydrogen-bond acceptors (Lipinski definition) is 5. The zero-order valence-corrected chi connectivity index (χ0v) is 12.8. The van der Waals surface area contributed by atoms with Crippen molar-refractivity contribution in [1.29, 1.82) is 0 Å². The van der Waals surface area contributed by atoms with Crippen molar-refractivity contribution in [2.24, 2.45) is 0 Å². The number of thiophene rings is 2. The van der Waals surface area contributed by atoms with Gasteiger partial charge in [-0.1, -0.05) is 0 Å². The molecule has 2 atom stereocenters. The first-order valence-corrected chi connectivity index (χ1v) is 9.52. The van der Waals surface area contributed by atoms with Gasteiger partial charge in [0.15, 0.2) is 9.84 Å². The van der Waals surface area contributed by atoms with Crippen LogP contribution in [-0.2, 0) is 9.84 Å². The number of carbonyl (C=O) groups is 1. The summed E-state index contributed by atoms with van der Waals surface area (Å²) in [6, 6.07) is 3.29. The minimum absolute atomic E-state index is 0.0704. The van der Waals surface area contributed by atoms with Crippen molar-refractivity contribution < 1.29 is 13.2 Å². The first-order chi connectivity index (χ1) is 8.94. The molecule has 4 nitrogen and oxygen atoms in total. The van der Waals surface area contributed by atoms with Gasteiger partial charge in [-0.2, -0.15) is 0 Å². The number of sulfone groups is 1. The van der Waals surface area contributed by atoms with E-state index in [0.29, 0.717) is 4.88 Å². The minimum Gasteiger partial charge on any atom is -0.346 e. The summed E-state index contributed by atoms with van der Waals surface area (Å²) in [6.07, 6.45) is 0. The number of fused-ring (bicyclic) bond motifs is 1. The van der Waals surface area contributed by atoms with Crippen LogP contribution in [0, 0.1) is 0 Å². The molecular formula is C11H10ClNO3S3. The number of nitrogens with one attached hydrogen (secondary N) is 1. The molecule has 0 spiro atoms. The fraction of sp³-hybridized carbons (Fsp3) is 0.364. The van der Waals surface area contributed by atoms with E-state index in [1.54, 1.807) is 11.3 Å². The normalized spacial score (nSPS) is 25.7. The maximum absolute atomic E-state index is 12.1. The highest BCUT2D eigenvalue weighted by molar-refractivity contribution is 7.91. The fourth-order valence-electron chi connectivity index (χ4n) is 2.05. The zero-order chi connectivity index (χ0) is 13.6. The van der Waals surface area contributed by atoms with Crippen molar-refractivity contribution in [3.63, 3.8) is 0 Å². The minimum atomic E-state index is -3.13. The number of carbonyl (C=O) groups excluding carboxylic acids is 1. The lowest BCUT2D eigenvalue weighted by Gasteiger charge is -2.13. The van der Waals surface area contributed by atoms with Gasteiger partial charge in [-0.3, -0.25) is 4.79 Å². The third-order valence-corrected chi connectivity index (χ3v) is 7.43. The molecule has 102 valence electrons. The standard InChI is InChI=1S/C11H10ClNO3S3/c12-6-4-19(15,16)5-7(6)13-11(14)10-3-9-8(18-10)1-2-17-9/h1-3,6-7H,4-5H2,(H,13,14). The van der Waals surface area contributed by atoms with Gasteiger partial charge in [-0.25, -0.2) is 8.42 Å². The summed E-state index contributed by atoms with van der Waals surface area (Å²) in [4.78, 5) is 12.7. The second-order valence-electron chi connectivity index (χ2n) is 4.43. The van der Waals surface area contributed by atoms with Crippen LogP contribution in [0.3, 0.4) is 0 Å². The van der Waals surface area contributed by atoms with Crippen LogP contribution in [0.15, 0.2) is 17.5 Å². The third kappa shape index (κ3) is 2.65. The summed E-state index contributed by atoms with van der Waals surface area (Å²) in [6.45, 7) is 0. The molecule has 2 unspecified atom stereocenters. The number of halogens is 1. The maximum atomic E-state index is 12.1. The van der Waals surface area contributed by atoms with Crippen LogP contribution in [0.5, 0.6) is 0 Å². The van der Waals surface area contributed by atoms with Gasteiger partial charge in [0.25, 0.3) is 5.91 Å². The molecule has 0 aromatic carbocycles. The molecule has 3 rings (SSSR count). The Hall–Kier alpha value is -0.630. The van der Waals surface area contributed by atoms with Crippen LogP contribution >= 0.6 is 34.3 Å². The summed E-state index contributed by atoms with van der Waals surface area (Å²) in [5, 5.41) is 4.14. The number of rotatable bonds is 2. The molecule has 0 saturated carbocycles. The van der Waals surface area contributed by atoms with Crippen molar-refractivity contribution in [1.82, 2.24) is 5.32 Å². The zero-order valence-electron chi connectivity index (χ0n) is 9.63. The molecule has 1 aliphatic heterocycles. The van der Waals surface area contributed by atoms with Gasteiger partial charge in [-0.05, 0) is 17.5 Å². The number of alkyl halides is 1. The lowest BCUT2D eigenvalue weighted by Crippen LogP contribution is -2.40. The summed E-state index contributed by atoms with van der Waals surface area (Å²) in [7, 11) is -3.13. The Bertz CT molecular complexity index is 705. The highest BCUT2D eigenvalue weighted by Crippen LogP contribution is 2.30. The maximum Gasteiger partial charge on any atom is 0.261 e. The van der Waals surface area contributed by atoms with Crippen molar-refractivity contribution in [3.8, 4) is 0 Å². The third-order valence-electron chi connectivity index (χ3n) is 2.96. The van der Waals surface area contributed by atoms with Gasteiger partial charge in [0.2, 0.25) is 0 Å². The average molecular weight is 336 g/mol. The Morgan fingerprint density at radius 2 is 2.16 bits per heavy atom. The Morgan fingerprint density at radius 3 is 2.79 bits per heavy atom. The van der Waals surface area contributed by atoms with Gasteiger partial charge >= 0.3 is 0 Å². The summed E-state index contributed by atoms with van der Waals surface area (Å²) in [5.41, 5.74) is 0. The van der Waals surface area contributed by atoms with Crippen LogP contribution in [0.25, 0.3) is 9.40 Å². The van der Waals surface area contributed by atoms with Crippen LogP contribution in [0.2, 0.25) is 0 Å². The smallest absolute Gasteiger partial charge is 0.261 e. The first-order valence-electron chi connectivity index (χ1n) is 5.57. The number of hydrogen-bond donors (Lipinski definition) is 1. The Kier molecular flexibility index (Phi) is 3.33. The molecule has 1 saturated heterocycles. The Morgan fingerprint density at radius 1 is 1.37 bits per heavy atom. The molecule has 1 N–H and O–H groups in total. The van der Waals surface area contributed by atoms with Crippen LogP contribution in [0.4, 0.5) is 0 Å². The highest BCUT2D eigenvalue weighted by atomic mass is 35.5. The molecule has 0 radical (unpaired) electrons. The van der Waals surface area contributed by atoms with Crippen LogP contribution in [-0.4, -0.2) is 37.2 Å². The van der Waals surface area contributed by atoms with Gasteiger partial charge in [0.1, 0.15) is 0 Å². The molecule has 0 bridgehead atoms. The van der Waals surface area contributed by atoms with Crippen molar-refractivity contribution in [2.45, 2.75) is 11.4 Å². The Balaban J connectivity index is 1.77. The van der Waals surface area contributed by atoms with Crippen LogP contribution in [0.1, 0.15) is 9.67 Å². The van der Waals surface area contributed by atoms with Gasteiger partial charge < -0.3 is 5.32 Å². The van der Waals surface area contributed by atoms with E-state index in [9.17, 15) is 13.2 Å². The average Bonchev–Trinajstić information content (AvgIpc) is 2.91. The quantitative estimate of drug-likeness (QED) is 0.855. The second-order valence-corrected chi connectivity index (χ2v) is 9.18. The summed E-state index contributed by atoms with van der Waals surface area (Å²) in [5.74, 6) is -0.396. The molecule has 0 aliphatic carbocycles. The predicted molar refractivity (Wildman–Crippen MR) is 79.3 cm³/mol. The van der Waals surface area contributed by atoms with Gasteiger partial charge in [0.05, 0.1) is 27.8 Å². The van der Waals surface area contributed by atoms with Crippen LogP contribution < -0.4 is 5.32 Å². The van der Waals surface area contributed by atoms with Crippen molar-refractivity contribution in [3.05, 3.63) is 22.4 Å². The summed E-state index contributed by atoms with van der Waals surface area (Å²) >= 11 is 8.94. The molecule has 19 heavy (non-hydrogen) atoms. The largest absolute Gasteiger partial charge is 0.346 e. The van der Waals surface area contributed by atoms with Gasteiger partial charge in [0, 0.05) is 9.40 Å². The van der Waals surface area contributed by atoms with E-state index < -0.39 is 21.3 Å². The molecule has 3 heterocycles. The SMILES string of the molecule is O=C(NC1CS(=O)(=O)CC1Cl)c1cc2sccc2s1. The van der Waals surface area contributed by atoms with Crippen molar-refractivity contribution in [2.75, 3.05) is 11.5 Å². The molecule has 2 aromatic rings. The monoisotopic (exact) mass is 335 g/mol. The topological polar surface area (TPSA) is 63.2 Å². The van der Waals surface area contributed by atoms with E-state index in [1.165, 1.54) is 11.3 Å². The molecule has 1 aliphatic rings. The van der Waals surface area contributed by atoms with Gasteiger partial charge in [-0.15, -0.1) is 34.3 Å². The lowest BCUT2D eigenvalue weighted by molar-refractivity contribution is 0.0946.